The number of aliphatic hydroxyl groups is 1. The monoisotopic (exact) mass is 229 g/mol. The molecule has 1 aromatic heterocycles. The SMILES string of the molecule is O=C(O)c1ccc(C(O)c2ccccc2)cn1. The summed E-state index contributed by atoms with van der Waals surface area (Å²) in [5, 5.41) is 18.7. The smallest absolute Gasteiger partial charge is 0.354 e. The molecule has 0 aliphatic heterocycles. The van der Waals surface area contributed by atoms with Gasteiger partial charge in [0.15, 0.2) is 0 Å². The summed E-state index contributed by atoms with van der Waals surface area (Å²) >= 11 is 0. The third kappa shape index (κ3) is 2.49. The van der Waals surface area contributed by atoms with E-state index in [1.54, 1.807) is 18.2 Å². The molecule has 4 nitrogen and oxygen atoms in total. The van der Waals surface area contributed by atoms with E-state index in [-0.39, 0.29) is 5.69 Å². The minimum Gasteiger partial charge on any atom is -0.477 e. The van der Waals surface area contributed by atoms with E-state index < -0.39 is 12.1 Å². The first kappa shape index (κ1) is 11.3. The highest BCUT2D eigenvalue weighted by atomic mass is 16.4. The predicted molar refractivity (Wildman–Crippen MR) is 61.7 cm³/mol. The lowest BCUT2D eigenvalue weighted by Crippen LogP contribution is -2.04. The number of aliphatic hydroxyl groups excluding tert-OH is 1. The number of aromatic carboxylic acids is 1. The number of carboxylic acid groups (broad SMARTS) is 1. The summed E-state index contributed by atoms with van der Waals surface area (Å²) in [6.45, 7) is 0. The fourth-order valence-corrected chi connectivity index (χ4v) is 1.52. The van der Waals surface area contributed by atoms with E-state index in [2.05, 4.69) is 4.98 Å². The first-order valence-electron chi connectivity index (χ1n) is 5.11. The molecule has 0 saturated carbocycles. The molecule has 4 heteroatoms. The van der Waals surface area contributed by atoms with Gasteiger partial charge < -0.3 is 10.2 Å². The van der Waals surface area contributed by atoms with Crippen molar-refractivity contribution in [2.45, 2.75) is 6.10 Å². The van der Waals surface area contributed by atoms with Crippen molar-refractivity contribution < 1.29 is 15.0 Å². The average Bonchev–Trinajstić information content (AvgIpc) is 2.39. The zero-order chi connectivity index (χ0) is 12.3. The summed E-state index contributed by atoms with van der Waals surface area (Å²) in [6, 6.07) is 12.1. The van der Waals surface area contributed by atoms with E-state index in [1.807, 2.05) is 18.2 Å². The average molecular weight is 229 g/mol. The summed E-state index contributed by atoms with van der Waals surface area (Å²) < 4.78 is 0. The number of carboxylic acids is 1. The van der Waals surface area contributed by atoms with Gasteiger partial charge in [-0.2, -0.15) is 0 Å². The summed E-state index contributed by atoms with van der Waals surface area (Å²) in [5.74, 6) is -1.08. The molecule has 2 aromatic rings. The van der Waals surface area contributed by atoms with Crippen molar-refractivity contribution in [2.75, 3.05) is 0 Å². The highest BCUT2D eigenvalue weighted by Crippen LogP contribution is 2.20. The predicted octanol–water partition coefficient (Wildman–Crippen LogP) is 1.86. The maximum Gasteiger partial charge on any atom is 0.354 e. The molecule has 2 rings (SSSR count). The molecule has 0 bridgehead atoms. The molecule has 86 valence electrons. The van der Waals surface area contributed by atoms with Gasteiger partial charge in [-0.05, 0) is 11.6 Å². The molecular formula is C13H11NO3. The third-order valence-corrected chi connectivity index (χ3v) is 2.44. The fraction of sp³-hybridized carbons (Fsp3) is 0.0769. The van der Waals surface area contributed by atoms with Crippen LogP contribution < -0.4 is 0 Å². The minimum atomic E-state index is -1.08. The summed E-state index contributed by atoms with van der Waals surface area (Å²) in [5.41, 5.74) is 1.28. The molecular weight excluding hydrogens is 218 g/mol. The number of benzene rings is 1. The van der Waals surface area contributed by atoms with Gasteiger partial charge in [0.2, 0.25) is 0 Å². The number of carbonyl (C=O) groups is 1. The number of aromatic nitrogens is 1. The van der Waals surface area contributed by atoms with Crippen LogP contribution in [0.2, 0.25) is 0 Å². The van der Waals surface area contributed by atoms with Crippen LogP contribution in [-0.4, -0.2) is 21.2 Å². The van der Waals surface area contributed by atoms with Crippen molar-refractivity contribution in [1.82, 2.24) is 4.98 Å². The normalized spacial score (nSPS) is 12.1. The third-order valence-electron chi connectivity index (χ3n) is 2.44. The van der Waals surface area contributed by atoms with Crippen molar-refractivity contribution in [3.05, 3.63) is 65.5 Å². The highest BCUT2D eigenvalue weighted by molar-refractivity contribution is 5.85. The Balaban J connectivity index is 2.26. The van der Waals surface area contributed by atoms with Crippen LogP contribution in [0.15, 0.2) is 48.7 Å². The van der Waals surface area contributed by atoms with Gasteiger partial charge in [-0.1, -0.05) is 36.4 Å². The molecule has 0 amide bonds. The lowest BCUT2D eigenvalue weighted by atomic mass is 10.0. The Bertz CT molecular complexity index is 508. The lowest BCUT2D eigenvalue weighted by molar-refractivity contribution is 0.0690. The molecule has 2 N–H and O–H groups in total. The van der Waals surface area contributed by atoms with Crippen LogP contribution in [0.4, 0.5) is 0 Å². The Kier molecular flexibility index (Phi) is 3.16. The molecule has 0 spiro atoms. The molecule has 1 heterocycles. The molecule has 0 radical (unpaired) electrons. The molecule has 1 atom stereocenters. The molecule has 0 fully saturated rings. The Morgan fingerprint density at radius 2 is 1.76 bits per heavy atom. The van der Waals surface area contributed by atoms with Crippen LogP contribution >= 0.6 is 0 Å². The Morgan fingerprint density at radius 3 is 2.29 bits per heavy atom. The van der Waals surface area contributed by atoms with E-state index in [0.29, 0.717) is 5.56 Å². The second kappa shape index (κ2) is 4.76. The van der Waals surface area contributed by atoms with Crippen LogP contribution in [0, 0.1) is 0 Å². The van der Waals surface area contributed by atoms with E-state index >= 15 is 0 Å². The van der Waals surface area contributed by atoms with Crippen molar-refractivity contribution in [1.29, 1.82) is 0 Å². The van der Waals surface area contributed by atoms with Crippen molar-refractivity contribution >= 4 is 5.97 Å². The number of rotatable bonds is 3. The summed E-state index contributed by atoms with van der Waals surface area (Å²) in [7, 11) is 0. The fourth-order valence-electron chi connectivity index (χ4n) is 1.52. The molecule has 0 saturated heterocycles. The van der Waals surface area contributed by atoms with Crippen molar-refractivity contribution in [2.24, 2.45) is 0 Å². The molecule has 1 aromatic carbocycles. The summed E-state index contributed by atoms with van der Waals surface area (Å²) in [4.78, 5) is 14.4. The number of hydrogen-bond donors (Lipinski definition) is 2. The number of hydrogen-bond acceptors (Lipinski definition) is 3. The van der Waals surface area contributed by atoms with E-state index in [1.165, 1.54) is 12.3 Å². The topological polar surface area (TPSA) is 70.4 Å². The molecule has 1 unspecified atom stereocenters. The van der Waals surface area contributed by atoms with Crippen LogP contribution in [0.5, 0.6) is 0 Å². The number of pyridine rings is 1. The Labute approximate surface area is 98.2 Å². The standard InChI is InChI=1S/C13H11NO3/c15-12(9-4-2-1-3-5-9)10-6-7-11(13(16)17)14-8-10/h1-8,12,15H,(H,16,17). The zero-order valence-corrected chi connectivity index (χ0v) is 8.95. The van der Waals surface area contributed by atoms with Crippen LogP contribution in [0.3, 0.4) is 0 Å². The van der Waals surface area contributed by atoms with Gasteiger partial charge in [0.05, 0.1) is 0 Å². The zero-order valence-electron chi connectivity index (χ0n) is 8.95. The highest BCUT2D eigenvalue weighted by Gasteiger charge is 2.11. The first-order valence-corrected chi connectivity index (χ1v) is 5.11. The maximum atomic E-state index is 10.6. The second-order valence-corrected chi connectivity index (χ2v) is 3.60. The van der Waals surface area contributed by atoms with Crippen molar-refractivity contribution in [3.8, 4) is 0 Å². The van der Waals surface area contributed by atoms with Crippen molar-refractivity contribution in [3.63, 3.8) is 0 Å². The van der Waals surface area contributed by atoms with Crippen LogP contribution in [-0.2, 0) is 0 Å². The first-order chi connectivity index (χ1) is 8.18. The molecule has 17 heavy (non-hydrogen) atoms. The van der Waals surface area contributed by atoms with Gasteiger partial charge in [0.1, 0.15) is 11.8 Å². The van der Waals surface area contributed by atoms with Gasteiger partial charge in [-0.3, -0.25) is 0 Å². The second-order valence-electron chi connectivity index (χ2n) is 3.60. The minimum absolute atomic E-state index is 0.0333. The Morgan fingerprint density at radius 1 is 1.06 bits per heavy atom. The quantitative estimate of drug-likeness (QED) is 0.842. The van der Waals surface area contributed by atoms with Crippen LogP contribution in [0.25, 0.3) is 0 Å². The largest absolute Gasteiger partial charge is 0.477 e. The maximum absolute atomic E-state index is 10.6. The van der Waals surface area contributed by atoms with Gasteiger partial charge >= 0.3 is 5.97 Å². The van der Waals surface area contributed by atoms with Gasteiger partial charge in [-0.25, -0.2) is 9.78 Å². The van der Waals surface area contributed by atoms with Gasteiger partial charge in [0.25, 0.3) is 0 Å². The van der Waals surface area contributed by atoms with Gasteiger partial charge in [-0.15, -0.1) is 0 Å². The van der Waals surface area contributed by atoms with E-state index in [4.69, 9.17) is 5.11 Å². The van der Waals surface area contributed by atoms with Gasteiger partial charge in [0, 0.05) is 11.8 Å². The lowest BCUT2D eigenvalue weighted by Gasteiger charge is -2.10. The molecule has 0 aliphatic rings. The summed E-state index contributed by atoms with van der Waals surface area (Å²) in [6.07, 6.45) is 0.591. The molecule has 0 aliphatic carbocycles. The van der Waals surface area contributed by atoms with Crippen LogP contribution in [0.1, 0.15) is 27.7 Å². The van der Waals surface area contributed by atoms with E-state index in [9.17, 15) is 9.90 Å². The van der Waals surface area contributed by atoms with E-state index in [0.717, 1.165) is 5.56 Å². The number of nitrogens with zero attached hydrogens (tertiary/aromatic N) is 1. The Hall–Kier alpha value is -2.20.